The van der Waals surface area contributed by atoms with Crippen LogP contribution in [-0.4, -0.2) is 49.7 Å². The maximum atomic E-state index is 11.9. The number of nitrogens with zero attached hydrogens (tertiary/aromatic N) is 1. The second-order valence-electron chi connectivity index (χ2n) is 5.83. The molecule has 0 bridgehead atoms. The Morgan fingerprint density at radius 3 is 2.58 bits per heavy atom. The van der Waals surface area contributed by atoms with Gasteiger partial charge in [-0.25, -0.2) is 0 Å². The molecule has 0 spiro atoms. The van der Waals surface area contributed by atoms with Crippen LogP contribution in [0.1, 0.15) is 52.4 Å². The van der Waals surface area contributed by atoms with Gasteiger partial charge in [-0.1, -0.05) is 12.8 Å². The molecule has 4 nitrogen and oxygen atoms in total. The quantitative estimate of drug-likeness (QED) is 0.686. The zero-order valence-electron chi connectivity index (χ0n) is 13.0. The van der Waals surface area contributed by atoms with Crippen LogP contribution in [0.25, 0.3) is 0 Å². The van der Waals surface area contributed by atoms with E-state index in [0.717, 1.165) is 25.4 Å². The van der Waals surface area contributed by atoms with E-state index in [1.807, 2.05) is 20.9 Å². The molecule has 4 heteroatoms. The molecule has 0 aliphatic heterocycles. The highest BCUT2D eigenvalue weighted by Crippen LogP contribution is 2.23. The van der Waals surface area contributed by atoms with Gasteiger partial charge in [-0.05, 0) is 60.2 Å². The van der Waals surface area contributed by atoms with Crippen LogP contribution in [0.5, 0.6) is 0 Å². The number of carbonyl (C=O) groups excluding carboxylic acids is 1. The average molecular weight is 270 g/mol. The molecule has 1 aliphatic carbocycles. The van der Waals surface area contributed by atoms with Crippen molar-refractivity contribution in [2.24, 2.45) is 0 Å². The normalized spacial score (nSPS) is 19.6. The molecule has 1 atom stereocenters. The van der Waals surface area contributed by atoms with Crippen molar-refractivity contribution in [3.05, 3.63) is 0 Å². The fourth-order valence-electron chi connectivity index (χ4n) is 2.83. The second kappa shape index (κ2) is 7.85. The summed E-state index contributed by atoms with van der Waals surface area (Å²) in [5.41, 5.74) is -0.549. The Bertz CT molecular complexity index is 277. The molecule has 0 amide bonds. The lowest BCUT2D eigenvalue weighted by Gasteiger charge is -2.29. The van der Waals surface area contributed by atoms with E-state index in [9.17, 15) is 4.79 Å². The maximum Gasteiger partial charge on any atom is 0.326 e. The van der Waals surface area contributed by atoms with E-state index in [4.69, 9.17) is 4.74 Å². The minimum absolute atomic E-state index is 0.138. The highest BCUT2D eigenvalue weighted by Gasteiger charge is 2.32. The Morgan fingerprint density at radius 1 is 1.42 bits per heavy atom. The molecule has 1 saturated carbocycles. The monoisotopic (exact) mass is 270 g/mol. The summed E-state index contributed by atoms with van der Waals surface area (Å²) < 4.78 is 5.14. The predicted octanol–water partition coefficient (Wildman–Crippen LogP) is 2.18. The van der Waals surface area contributed by atoms with E-state index in [0.29, 0.717) is 6.61 Å². The number of likely N-dealkylation sites (N-methyl/N-ethyl adjacent to an activating group) is 1. The van der Waals surface area contributed by atoms with Crippen molar-refractivity contribution in [3.8, 4) is 0 Å². The topological polar surface area (TPSA) is 41.6 Å². The molecule has 0 saturated heterocycles. The van der Waals surface area contributed by atoms with Gasteiger partial charge in [0, 0.05) is 6.04 Å². The number of carbonyl (C=O) groups is 1. The molecule has 1 unspecified atom stereocenters. The number of esters is 1. The van der Waals surface area contributed by atoms with Crippen LogP contribution in [-0.2, 0) is 9.53 Å². The third-order valence-electron chi connectivity index (χ3n) is 4.41. The van der Waals surface area contributed by atoms with Crippen molar-refractivity contribution < 1.29 is 9.53 Å². The number of nitrogens with one attached hydrogen (secondary N) is 1. The Labute approximate surface area is 117 Å². The van der Waals surface area contributed by atoms with E-state index >= 15 is 0 Å². The van der Waals surface area contributed by atoms with Crippen LogP contribution < -0.4 is 5.32 Å². The zero-order valence-corrected chi connectivity index (χ0v) is 13.0. The van der Waals surface area contributed by atoms with Crippen LogP contribution in [0.15, 0.2) is 0 Å². The lowest BCUT2D eigenvalue weighted by atomic mass is 9.96. The largest absolute Gasteiger partial charge is 0.465 e. The van der Waals surface area contributed by atoms with Crippen LogP contribution in [0, 0.1) is 0 Å². The van der Waals surface area contributed by atoms with Crippen molar-refractivity contribution in [2.75, 3.05) is 27.2 Å². The van der Waals surface area contributed by atoms with Crippen LogP contribution in [0.3, 0.4) is 0 Å². The molecule has 112 valence electrons. The first-order chi connectivity index (χ1) is 9.03. The van der Waals surface area contributed by atoms with E-state index < -0.39 is 5.54 Å². The Balaban J connectivity index is 2.34. The summed E-state index contributed by atoms with van der Waals surface area (Å²) in [4.78, 5) is 14.4. The number of hydrogen-bond donors (Lipinski definition) is 1. The van der Waals surface area contributed by atoms with E-state index in [2.05, 4.69) is 17.3 Å². The Hall–Kier alpha value is -0.610. The summed E-state index contributed by atoms with van der Waals surface area (Å²) in [5, 5.41) is 3.11. The third kappa shape index (κ3) is 4.77. The first-order valence-corrected chi connectivity index (χ1v) is 7.60. The van der Waals surface area contributed by atoms with Gasteiger partial charge in [-0.2, -0.15) is 0 Å². The van der Waals surface area contributed by atoms with Gasteiger partial charge in [0.2, 0.25) is 0 Å². The minimum atomic E-state index is -0.549. The van der Waals surface area contributed by atoms with Gasteiger partial charge < -0.3 is 15.0 Å². The first-order valence-electron chi connectivity index (χ1n) is 7.60. The van der Waals surface area contributed by atoms with Gasteiger partial charge in [-0.15, -0.1) is 0 Å². The van der Waals surface area contributed by atoms with Gasteiger partial charge in [-0.3, -0.25) is 4.79 Å². The van der Waals surface area contributed by atoms with Crippen molar-refractivity contribution >= 4 is 5.97 Å². The SMILES string of the molecule is CCOC(=O)C(C)(CCCN(C)C1CCCC1)NC. The fourth-order valence-corrected chi connectivity index (χ4v) is 2.83. The van der Waals surface area contributed by atoms with Crippen molar-refractivity contribution in [1.29, 1.82) is 0 Å². The van der Waals surface area contributed by atoms with Crippen LogP contribution in [0.2, 0.25) is 0 Å². The Kier molecular flexibility index (Phi) is 6.80. The Morgan fingerprint density at radius 2 is 2.05 bits per heavy atom. The van der Waals surface area contributed by atoms with Gasteiger partial charge in [0.1, 0.15) is 5.54 Å². The molecule has 0 aromatic heterocycles. The molecular formula is C15H30N2O2. The number of rotatable bonds is 8. The molecule has 0 aromatic rings. The van der Waals surface area contributed by atoms with Crippen molar-refractivity contribution in [2.45, 2.75) is 64.0 Å². The van der Waals surface area contributed by atoms with Gasteiger partial charge in [0.05, 0.1) is 6.61 Å². The summed E-state index contributed by atoms with van der Waals surface area (Å²) in [6.45, 7) is 5.28. The summed E-state index contributed by atoms with van der Waals surface area (Å²) >= 11 is 0. The second-order valence-corrected chi connectivity index (χ2v) is 5.83. The highest BCUT2D eigenvalue weighted by molar-refractivity contribution is 5.80. The molecule has 0 aromatic carbocycles. The molecule has 1 rings (SSSR count). The molecule has 0 heterocycles. The molecule has 1 fully saturated rings. The van der Waals surface area contributed by atoms with E-state index in [-0.39, 0.29) is 5.97 Å². The molecule has 1 aliphatic rings. The molecule has 1 N–H and O–H groups in total. The van der Waals surface area contributed by atoms with E-state index in [1.54, 1.807) is 0 Å². The lowest BCUT2D eigenvalue weighted by Crippen LogP contribution is -2.49. The van der Waals surface area contributed by atoms with Crippen molar-refractivity contribution in [3.63, 3.8) is 0 Å². The summed E-state index contributed by atoms with van der Waals surface area (Å²) in [6, 6.07) is 0.753. The molecule has 19 heavy (non-hydrogen) atoms. The van der Waals surface area contributed by atoms with Crippen LogP contribution in [0.4, 0.5) is 0 Å². The average Bonchev–Trinajstić information content (AvgIpc) is 2.92. The van der Waals surface area contributed by atoms with Crippen LogP contribution >= 0.6 is 0 Å². The molecular weight excluding hydrogens is 240 g/mol. The number of ether oxygens (including phenoxy) is 1. The standard InChI is InChI=1S/C15H30N2O2/c1-5-19-14(18)15(2,16-3)11-8-12-17(4)13-9-6-7-10-13/h13,16H,5-12H2,1-4H3. The zero-order chi connectivity index (χ0) is 14.3. The summed E-state index contributed by atoms with van der Waals surface area (Å²) in [5.74, 6) is -0.138. The van der Waals surface area contributed by atoms with Crippen molar-refractivity contribution in [1.82, 2.24) is 10.2 Å². The summed E-state index contributed by atoms with van der Waals surface area (Å²) in [7, 11) is 4.04. The first kappa shape index (κ1) is 16.4. The van der Waals surface area contributed by atoms with Gasteiger partial charge in [0.15, 0.2) is 0 Å². The summed E-state index contributed by atoms with van der Waals surface area (Å²) in [6.07, 6.45) is 7.23. The highest BCUT2D eigenvalue weighted by atomic mass is 16.5. The van der Waals surface area contributed by atoms with Gasteiger partial charge in [0.25, 0.3) is 0 Å². The fraction of sp³-hybridized carbons (Fsp3) is 0.933. The third-order valence-corrected chi connectivity index (χ3v) is 4.41. The molecule has 0 radical (unpaired) electrons. The van der Waals surface area contributed by atoms with E-state index in [1.165, 1.54) is 25.7 Å². The smallest absolute Gasteiger partial charge is 0.326 e. The predicted molar refractivity (Wildman–Crippen MR) is 78.2 cm³/mol. The van der Waals surface area contributed by atoms with Gasteiger partial charge >= 0.3 is 5.97 Å². The lowest BCUT2D eigenvalue weighted by molar-refractivity contribution is -0.150. The maximum absolute atomic E-state index is 11.9. The number of hydrogen-bond acceptors (Lipinski definition) is 4. The minimum Gasteiger partial charge on any atom is -0.465 e.